The average molecular weight is 320 g/mol. The molecule has 1 rings (SSSR count). The topological polar surface area (TPSA) is 12.0 Å². The molecule has 0 radical (unpaired) electrons. The van der Waals surface area contributed by atoms with Gasteiger partial charge in [-0.25, -0.2) is 4.39 Å². The standard InChI is InChI=1S/C15H18FN.C4H10.C2H6/c1-11-5-9-15(10-6-11)14(4)17-13(3)8-7-12(2)16;1-3-4-2;1-2/h5-10,14,17H,2-3H2,1,4H3;3-4H2,1-2H3;1-2H3/b8-7-;;. The average Bonchev–Trinajstić information content (AvgIpc) is 2.55. The fraction of sp³-hybridized carbons (Fsp3) is 0.429. The maximum atomic E-state index is 12.4. The maximum Gasteiger partial charge on any atom is 0.116 e. The van der Waals surface area contributed by atoms with Gasteiger partial charge in [-0.1, -0.05) is 83.5 Å². The lowest BCUT2D eigenvalue weighted by Crippen LogP contribution is -2.16. The van der Waals surface area contributed by atoms with Crippen LogP contribution in [-0.4, -0.2) is 0 Å². The van der Waals surface area contributed by atoms with Crippen molar-refractivity contribution in [2.75, 3.05) is 0 Å². The monoisotopic (exact) mass is 319 g/mol. The molecular weight excluding hydrogens is 285 g/mol. The van der Waals surface area contributed by atoms with Crippen LogP contribution in [0.4, 0.5) is 4.39 Å². The normalized spacial score (nSPS) is 10.7. The summed E-state index contributed by atoms with van der Waals surface area (Å²) in [6.45, 7) is 19.4. The number of unbranched alkanes of at least 4 members (excludes halogenated alkanes) is 1. The van der Waals surface area contributed by atoms with Gasteiger partial charge in [0.1, 0.15) is 5.83 Å². The van der Waals surface area contributed by atoms with E-state index < -0.39 is 5.83 Å². The summed E-state index contributed by atoms with van der Waals surface area (Å²) in [4.78, 5) is 0. The zero-order valence-corrected chi connectivity index (χ0v) is 15.7. The van der Waals surface area contributed by atoms with Crippen LogP contribution in [0, 0.1) is 6.92 Å². The van der Waals surface area contributed by atoms with Crippen molar-refractivity contribution in [1.29, 1.82) is 0 Å². The van der Waals surface area contributed by atoms with Crippen molar-refractivity contribution >= 4 is 0 Å². The number of rotatable bonds is 6. The first kappa shape index (κ1) is 23.4. The summed E-state index contributed by atoms with van der Waals surface area (Å²) in [5.74, 6) is -0.476. The van der Waals surface area contributed by atoms with Crippen molar-refractivity contribution in [2.45, 2.75) is 60.4 Å². The molecule has 1 unspecified atom stereocenters. The predicted octanol–water partition coefficient (Wildman–Crippen LogP) is 7.03. The van der Waals surface area contributed by atoms with Crippen LogP contribution in [0.5, 0.6) is 0 Å². The van der Waals surface area contributed by atoms with Gasteiger partial charge < -0.3 is 5.32 Å². The van der Waals surface area contributed by atoms with Gasteiger partial charge >= 0.3 is 0 Å². The van der Waals surface area contributed by atoms with E-state index in [9.17, 15) is 4.39 Å². The highest BCUT2D eigenvalue weighted by molar-refractivity contribution is 5.26. The molecule has 1 N–H and O–H groups in total. The molecule has 1 aromatic carbocycles. The Morgan fingerprint density at radius 3 is 1.96 bits per heavy atom. The molecule has 0 aliphatic rings. The summed E-state index contributed by atoms with van der Waals surface area (Å²) in [6.07, 6.45) is 5.50. The molecule has 0 fully saturated rings. The second-order valence-corrected chi connectivity index (χ2v) is 5.08. The van der Waals surface area contributed by atoms with E-state index in [4.69, 9.17) is 0 Å². The van der Waals surface area contributed by atoms with Crippen molar-refractivity contribution in [3.8, 4) is 0 Å². The number of aryl methyl sites for hydroxylation is 1. The van der Waals surface area contributed by atoms with Gasteiger partial charge in [-0.15, -0.1) is 0 Å². The molecular formula is C21H34FN. The van der Waals surface area contributed by atoms with Gasteiger partial charge in [0.2, 0.25) is 0 Å². The Labute approximate surface area is 143 Å². The van der Waals surface area contributed by atoms with Gasteiger partial charge in [0.25, 0.3) is 0 Å². The number of hydrogen-bond donors (Lipinski definition) is 1. The smallest absolute Gasteiger partial charge is 0.116 e. The lowest BCUT2D eigenvalue weighted by atomic mass is 10.1. The van der Waals surface area contributed by atoms with Gasteiger partial charge in [0, 0.05) is 11.7 Å². The molecule has 0 heterocycles. The van der Waals surface area contributed by atoms with Gasteiger partial charge in [-0.05, 0) is 31.6 Å². The highest BCUT2D eigenvalue weighted by Gasteiger charge is 2.03. The van der Waals surface area contributed by atoms with Crippen LogP contribution in [0.1, 0.15) is 64.6 Å². The number of allylic oxidation sites excluding steroid dienone is 3. The van der Waals surface area contributed by atoms with Crippen molar-refractivity contribution in [3.63, 3.8) is 0 Å². The minimum atomic E-state index is -0.476. The third kappa shape index (κ3) is 13.5. The number of nitrogens with one attached hydrogen (secondary N) is 1. The highest BCUT2D eigenvalue weighted by atomic mass is 19.1. The van der Waals surface area contributed by atoms with E-state index in [1.165, 1.54) is 30.0 Å². The van der Waals surface area contributed by atoms with Crippen molar-refractivity contribution < 1.29 is 4.39 Å². The van der Waals surface area contributed by atoms with Crippen LogP contribution in [-0.2, 0) is 0 Å². The molecule has 23 heavy (non-hydrogen) atoms. The first-order valence-corrected chi connectivity index (χ1v) is 8.45. The van der Waals surface area contributed by atoms with Crippen molar-refractivity contribution in [1.82, 2.24) is 5.32 Å². The van der Waals surface area contributed by atoms with Gasteiger partial charge in [-0.2, -0.15) is 0 Å². The molecule has 0 amide bonds. The highest BCUT2D eigenvalue weighted by Crippen LogP contribution is 2.14. The van der Waals surface area contributed by atoms with E-state index in [2.05, 4.69) is 63.5 Å². The van der Waals surface area contributed by atoms with Crippen LogP contribution < -0.4 is 5.32 Å². The molecule has 0 aliphatic carbocycles. The number of halogens is 1. The first-order chi connectivity index (χ1) is 10.9. The summed E-state index contributed by atoms with van der Waals surface area (Å²) < 4.78 is 12.4. The summed E-state index contributed by atoms with van der Waals surface area (Å²) in [5, 5.41) is 3.18. The summed E-state index contributed by atoms with van der Waals surface area (Å²) in [7, 11) is 0. The van der Waals surface area contributed by atoms with E-state index in [1.54, 1.807) is 6.08 Å². The summed E-state index contributed by atoms with van der Waals surface area (Å²) in [6, 6.07) is 8.40. The van der Waals surface area contributed by atoms with Crippen LogP contribution in [0.3, 0.4) is 0 Å². The largest absolute Gasteiger partial charge is 0.379 e. The zero-order valence-electron chi connectivity index (χ0n) is 15.7. The molecule has 0 bridgehead atoms. The molecule has 0 spiro atoms. The summed E-state index contributed by atoms with van der Waals surface area (Å²) >= 11 is 0. The molecule has 0 saturated heterocycles. The Morgan fingerprint density at radius 2 is 1.57 bits per heavy atom. The van der Waals surface area contributed by atoms with Crippen LogP contribution in [0.25, 0.3) is 0 Å². The molecule has 0 aliphatic heterocycles. The van der Waals surface area contributed by atoms with Crippen LogP contribution in [0.2, 0.25) is 0 Å². The molecule has 1 atom stereocenters. The molecule has 0 aromatic heterocycles. The fourth-order valence-corrected chi connectivity index (χ4v) is 1.46. The van der Waals surface area contributed by atoms with Crippen LogP contribution in [0.15, 0.2) is 61.1 Å². The first-order valence-electron chi connectivity index (χ1n) is 8.45. The Hall–Kier alpha value is -1.83. The Bertz CT molecular complexity index is 455. The van der Waals surface area contributed by atoms with Gasteiger partial charge in [0.05, 0.1) is 0 Å². The molecule has 1 nitrogen and oxygen atoms in total. The number of benzene rings is 1. The quantitative estimate of drug-likeness (QED) is 0.555. The lowest BCUT2D eigenvalue weighted by Gasteiger charge is -2.15. The Balaban J connectivity index is 0. The predicted molar refractivity (Wildman–Crippen MR) is 103 cm³/mol. The SMILES string of the molecule is C=C(F)/C=C\C(=C)NC(C)c1ccc(C)cc1.CC.CCCC. The van der Waals surface area contributed by atoms with E-state index in [-0.39, 0.29) is 6.04 Å². The molecule has 130 valence electrons. The third-order valence-corrected chi connectivity index (χ3v) is 2.94. The minimum absolute atomic E-state index is 0.139. The second-order valence-electron chi connectivity index (χ2n) is 5.08. The second kappa shape index (κ2) is 15.1. The summed E-state index contributed by atoms with van der Waals surface area (Å²) in [5.41, 5.74) is 3.06. The van der Waals surface area contributed by atoms with Gasteiger partial charge in [-0.3, -0.25) is 0 Å². The van der Waals surface area contributed by atoms with E-state index in [0.29, 0.717) is 5.70 Å². The maximum absolute atomic E-state index is 12.4. The van der Waals surface area contributed by atoms with E-state index in [1.807, 2.05) is 20.8 Å². The van der Waals surface area contributed by atoms with Crippen molar-refractivity contribution in [3.05, 3.63) is 72.2 Å². The van der Waals surface area contributed by atoms with Crippen molar-refractivity contribution in [2.24, 2.45) is 0 Å². The van der Waals surface area contributed by atoms with Crippen LogP contribution >= 0.6 is 0 Å². The molecule has 0 saturated carbocycles. The lowest BCUT2D eigenvalue weighted by molar-refractivity contribution is 0.659. The fourth-order valence-electron chi connectivity index (χ4n) is 1.46. The van der Waals surface area contributed by atoms with E-state index >= 15 is 0 Å². The Kier molecular flexibility index (Phi) is 15.4. The Morgan fingerprint density at radius 1 is 1.09 bits per heavy atom. The minimum Gasteiger partial charge on any atom is -0.379 e. The zero-order chi connectivity index (χ0) is 18.3. The number of hydrogen-bond acceptors (Lipinski definition) is 1. The van der Waals surface area contributed by atoms with Gasteiger partial charge in [0.15, 0.2) is 0 Å². The molecule has 2 heteroatoms. The van der Waals surface area contributed by atoms with E-state index in [0.717, 1.165) is 0 Å². The third-order valence-electron chi connectivity index (χ3n) is 2.94. The molecule has 1 aromatic rings.